The van der Waals surface area contributed by atoms with Crippen LogP contribution in [0, 0.1) is 0 Å². The van der Waals surface area contributed by atoms with Crippen LogP contribution in [-0.2, 0) is 11.3 Å². The topological polar surface area (TPSA) is 86.7 Å². The Balaban J connectivity index is 2.09. The van der Waals surface area contributed by atoms with E-state index in [1.54, 1.807) is 12.1 Å². The normalized spacial score (nSPS) is 14.9. The summed E-state index contributed by atoms with van der Waals surface area (Å²) in [4.78, 5) is 35.7. The third-order valence-corrected chi connectivity index (χ3v) is 4.35. The van der Waals surface area contributed by atoms with Gasteiger partial charge in [-0.15, -0.1) is 11.3 Å². The number of hydrogen-bond donors (Lipinski definition) is 2. The molecule has 7 heteroatoms. The standard InChI is InChI=1S/C13H10N2O4S/c16-10-5-14-13(19)15(10)6-8-7-3-1-2-4-9(7)20-11(8)12(17)18/h1-4H,5-6H2,(H,14,19)(H,17,18). The first-order chi connectivity index (χ1) is 9.58. The molecule has 1 fully saturated rings. The van der Waals surface area contributed by atoms with Crippen LogP contribution in [0.3, 0.4) is 0 Å². The number of benzene rings is 1. The Hall–Kier alpha value is -2.41. The molecule has 0 saturated carbocycles. The molecule has 2 heterocycles. The fourth-order valence-corrected chi connectivity index (χ4v) is 3.25. The maximum Gasteiger partial charge on any atom is 0.346 e. The highest BCUT2D eigenvalue weighted by Gasteiger charge is 2.31. The molecule has 1 saturated heterocycles. The van der Waals surface area contributed by atoms with Crippen molar-refractivity contribution in [1.82, 2.24) is 10.2 Å². The molecule has 3 rings (SSSR count). The molecule has 6 nitrogen and oxygen atoms in total. The van der Waals surface area contributed by atoms with E-state index in [0.717, 1.165) is 26.3 Å². The van der Waals surface area contributed by atoms with Gasteiger partial charge in [-0.1, -0.05) is 18.2 Å². The van der Waals surface area contributed by atoms with E-state index in [9.17, 15) is 19.5 Å². The molecule has 2 N–H and O–H groups in total. The highest BCUT2D eigenvalue weighted by atomic mass is 32.1. The van der Waals surface area contributed by atoms with Gasteiger partial charge in [-0.3, -0.25) is 9.69 Å². The molecule has 0 unspecified atom stereocenters. The summed E-state index contributed by atoms with van der Waals surface area (Å²) in [5, 5.41) is 12.5. The second-order valence-corrected chi connectivity index (χ2v) is 5.40. The number of carboxylic acid groups (broad SMARTS) is 1. The first-order valence-corrected chi connectivity index (χ1v) is 6.71. The highest BCUT2D eigenvalue weighted by Crippen LogP contribution is 2.32. The van der Waals surface area contributed by atoms with Crippen LogP contribution in [0.25, 0.3) is 10.1 Å². The van der Waals surface area contributed by atoms with Crippen molar-refractivity contribution in [3.05, 3.63) is 34.7 Å². The Labute approximate surface area is 117 Å². The van der Waals surface area contributed by atoms with Gasteiger partial charge in [0.25, 0.3) is 0 Å². The summed E-state index contributed by atoms with van der Waals surface area (Å²) in [6.45, 7) is -0.0559. The van der Waals surface area contributed by atoms with Crippen LogP contribution in [0.1, 0.15) is 15.2 Å². The van der Waals surface area contributed by atoms with Gasteiger partial charge in [0.15, 0.2) is 0 Å². The molecule has 0 bridgehead atoms. The van der Waals surface area contributed by atoms with Gasteiger partial charge in [0.1, 0.15) is 4.88 Å². The number of thiophene rings is 1. The van der Waals surface area contributed by atoms with Gasteiger partial charge in [0.2, 0.25) is 5.91 Å². The molecule has 1 aromatic carbocycles. The molecule has 1 aromatic heterocycles. The predicted octanol–water partition coefficient (Wildman–Crippen LogP) is 1.65. The monoisotopic (exact) mass is 290 g/mol. The summed E-state index contributed by atoms with van der Waals surface area (Å²) < 4.78 is 0.826. The third kappa shape index (κ3) is 1.92. The van der Waals surface area contributed by atoms with Crippen LogP contribution in [-0.4, -0.2) is 34.5 Å². The minimum absolute atomic E-state index is 0.0175. The SMILES string of the molecule is O=C(O)c1sc2ccccc2c1CN1C(=O)CNC1=O. The number of aromatic carboxylic acids is 1. The predicted molar refractivity (Wildman–Crippen MR) is 72.7 cm³/mol. The van der Waals surface area contributed by atoms with Crippen molar-refractivity contribution in [2.75, 3.05) is 6.54 Å². The lowest BCUT2D eigenvalue weighted by atomic mass is 10.1. The number of nitrogens with zero attached hydrogens (tertiary/aromatic N) is 1. The summed E-state index contributed by atoms with van der Waals surface area (Å²) >= 11 is 1.15. The maximum atomic E-state index is 11.6. The Morgan fingerprint density at radius 3 is 2.75 bits per heavy atom. The second-order valence-electron chi connectivity index (χ2n) is 4.35. The minimum Gasteiger partial charge on any atom is -0.477 e. The zero-order valence-corrected chi connectivity index (χ0v) is 11.1. The second kappa shape index (κ2) is 4.61. The molecule has 0 radical (unpaired) electrons. The summed E-state index contributed by atoms with van der Waals surface area (Å²) in [5.41, 5.74) is 0.503. The first-order valence-electron chi connectivity index (χ1n) is 5.90. The van der Waals surface area contributed by atoms with Crippen molar-refractivity contribution in [2.24, 2.45) is 0 Å². The molecule has 2 aromatic rings. The highest BCUT2D eigenvalue weighted by molar-refractivity contribution is 7.21. The molecule has 0 aliphatic carbocycles. The number of carbonyl (C=O) groups excluding carboxylic acids is 2. The lowest BCUT2D eigenvalue weighted by Crippen LogP contribution is -2.30. The summed E-state index contributed by atoms with van der Waals surface area (Å²) in [5.74, 6) is -1.39. The Kier molecular flexibility index (Phi) is 2.90. The van der Waals surface area contributed by atoms with Crippen molar-refractivity contribution in [3.63, 3.8) is 0 Å². The van der Waals surface area contributed by atoms with E-state index in [-0.39, 0.29) is 23.9 Å². The lowest BCUT2D eigenvalue weighted by Gasteiger charge is -2.12. The van der Waals surface area contributed by atoms with E-state index in [1.165, 1.54) is 0 Å². The van der Waals surface area contributed by atoms with Gasteiger partial charge in [-0.05, 0) is 11.5 Å². The quantitative estimate of drug-likeness (QED) is 0.841. The number of hydrogen-bond acceptors (Lipinski definition) is 4. The number of imide groups is 1. The van der Waals surface area contributed by atoms with Crippen LogP contribution in [0.4, 0.5) is 4.79 Å². The van der Waals surface area contributed by atoms with Gasteiger partial charge in [0.05, 0.1) is 13.1 Å². The van der Waals surface area contributed by atoms with E-state index in [0.29, 0.717) is 5.56 Å². The lowest BCUT2D eigenvalue weighted by molar-refractivity contribution is -0.125. The molecule has 3 amide bonds. The average Bonchev–Trinajstić information content (AvgIpc) is 2.94. The molecule has 1 aliphatic rings. The van der Waals surface area contributed by atoms with E-state index in [1.807, 2.05) is 12.1 Å². The van der Waals surface area contributed by atoms with Gasteiger partial charge >= 0.3 is 12.0 Å². The fourth-order valence-electron chi connectivity index (χ4n) is 2.20. The maximum absolute atomic E-state index is 11.6. The smallest absolute Gasteiger partial charge is 0.346 e. The Bertz CT molecular complexity index is 721. The molecular formula is C13H10N2O4S. The number of amides is 3. The van der Waals surface area contributed by atoms with Crippen LogP contribution in [0.2, 0.25) is 0 Å². The van der Waals surface area contributed by atoms with Crippen molar-refractivity contribution in [3.8, 4) is 0 Å². The largest absolute Gasteiger partial charge is 0.477 e. The van der Waals surface area contributed by atoms with Crippen LogP contribution < -0.4 is 5.32 Å². The average molecular weight is 290 g/mol. The Morgan fingerprint density at radius 2 is 2.10 bits per heavy atom. The number of fused-ring (bicyclic) bond motifs is 1. The van der Waals surface area contributed by atoms with E-state index < -0.39 is 12.0 Å². The molecular weight excluding hydrogens is 280 g/mol. The number of urea groups is 1. The number of nitrogens with one attached hydrogen (secondary N) is 1. The molecule has 1 aliphatic heterocycles. The van der Waals surface area contributed by atoms with Crippen molar-refractivity contribution < 1.29 is 19.5 Å². The third-order valence-electron chi connectivity index (χ3n) is 3.15. The Morgan fingerprint density at radius 1 is 1.35 bits per heavy atom. The minimum atomic E-state index is -1.05. The zero-order valence-electron chi connectivity index (χ0n) is 10.3. The molecule has 102 valence electrons. The molecule has 0 spiro atoms. The first kappa shape index (κ1) is 12.6. The fraction of sp³-hybridized carbons (Fsp3) is 0.154. The van der Waals surface area contributed by atoms with Gasteiger partial charge in [-0.25, -0.2) is 9.59 Å². The van der Waals surface area contributed by atoms with Crippen LogP contribution in [0.15, 0.2) is 24.3 Å². The van der Waals surface area contributed by atoms with Gasteiger partial charge in [0, 0.05) is 10.3 Å². The van der Waals surface area contributed by atoms with E-state index in [4.69, 9.17) is 0 Å². The zero-order chi connectivity index (χ0) is 14.3. The van der Waals surface area contributed by atoms with Gasteiger partial charge < -0.3 is 10.4 Å². The van der Waals surface area contributed by atoms with Crippen molar-refractivity contribution in [2.45, 2.75) is 6.54 Å². The number of carbonyl (C=O) groups is 3. The molecule has 0 atom stereocenters. The summed E-state index contributed by atoms with van der Waals surface area (Å²) in [6.07, 6.45) is 0. The van der Waals surface area contributed by atoms with Crippen LogP contribution >= 0.6 is 11.3 Å². The summed E-state index contributed by atoms with van der Waals surface area (Å²) in [6, 6.07) is 6.76. The van der Waals surface area contributed by atoms with Crippen molar-refractivity contribution in [1.29, 1.82) is 0 Å². The van der Waals surface area contributed by atoms with E-state index >= 15 is 0 Å². The van der Waals surface area contributed by atoms with Crippen LogP contribution in [0.5, 0.6) is 0 Å². The summed E-state index contributed by atoms with van der Waals surface area (Å²) in [7, 11) is 0. The van der Waals surface area contributed by atoms with Crippen molar-refractivity contribution >= 4 is 39.3 Å². The van der Waals surface area contributed by atoms with E-state index in [2.05, 4.69) is 5.32 Å². The van der Waals surface area contributed by atoms with Gasteiger partial charge in [-0.2, -0.15) is 0 Å². The molecule has 20 heavy (non-hydrogen) atoms. The number of carboxylic acids is 1. The number of rotatable bonds is 3.